The summed E-state index contributed by atoms with van der Waals surface area (Å²) in [6, 6.07) is 0. The maximum atomic E-state index is 12.5. The summed E-state index contributed by atoms with van der Waals surface area (Å²) < 4.78 is 6.11. The molecule has 0 aromatic carbocycles. The molecule has 6 N–H and O–H groups in total. The van der Waals surface area contributed by atoms with Crippen LogP contribution in [-0.2, 0) is 43.2 Å². The Morgan fingerprint density at radius 3 is 2.07 bits per heavy atom. The van der Waals surface area contributed by atoms with Gasteiger partial charge in [0.2, 0.25) is 11.6 Å². The van der Waals surface area contributed by atoms with Gasteiger partial charge in [-0.05, 0) is 74.4 Å². The van der Waals surface area contributed by atoms with E-state index in [1.165, 1.54) is 6.08 Å². The smallest absolute Gasteiger partial charge is 0.303 e. The van der Waals surface area contributed by atoms with Gasteiger partial charge in [-0.1, -0.05) is 25.3 Å². The molecule has 0 radical (unpaired) electrons. The number of ether oxygens (including phenoxy) is 1. The van der Waals surface area contributed by atoms with Crippen molar-refractivity contribution in [3.63, 3.8) is 0 Å². The highest BCUT2D eigenvalue weighted by Crippen LogP contribution is 2.56. The zero-order valence-corrected chi connectivity index (χ0v) is 25.2. The van der Waals surface area contributed by atoms with Crippen molar-refractivity contribution in [1.82, 2.24) is 20.6 Å². The number of nitrogens with one attached hydrogen (secondary N) is 4. The maximum absolute atomic E-state index is 12.5. The van der Waals surface area contributed by atoms with E-state index in [9.17, 15) is 29.4 Å². The number of H-pyrrole nitrogens is 2. The lowest BCUT2D eigenvalue weighted by atomic mass is 9.96. The molecule has 5 rings (SSSR count). The lowest BCUT2D eigenvalue weighted by molar-refractivity contribution is -0.138. The quantitative estimate of drug-likeness (QED) is 0.200. The Bertz CT molecular complexity index is 1750. The first-order chi connectivity index (χ1) is 20.8. The van der Waals surface area contributed by atoms with Crippen molar-refractivity contribution in [2.45, 2.75) is 71.6 Å². The van der Waals surface area contributed by atoms with Gasteiger partial charge in [0.05, 0.1) is 5.69 Å². The minimum absolute atomic E-state index is 0.0764. The Hall–Kier alpha value is -4.90. The highest BCUT2D eigenvalue weighted by Gasteiger charge is 2.65. The number of aromatic nitrogens is 2. The topological polar surface area (TPSA) is 177 Å². The fourth-order valence-corrected chi connectivity index (χ4v) is 6.35. The fourth-order valence-electron chi connectivity index (χ4n) is 6.35. The van der Waals surface area contributed by atoms with Gasteiger partial charge in [0, 0.05) is 58.8 Å². The fraction of sp³-hybridized carbons (Fsp3) is 0.333. The van der Waals surface area contributed by atoms with Crippen LogP contribution in [0.5, 0.6) is 0 Å². The number of carbonyl (C=O) groups is 4. The second-order valence-electron chi connectivity index (χ2n) is 11.4. The molecule has 5 heterocycles. The predicted octanol–water partition coefficient (Wildman–Crippen LogP) is 3.96. The Balaban J connectivity index is 1.56. The van der Waals surface area contributed by atoms with E-state index >= 15 is 0 Å². The van der Waals surface area contributed by atoms with Gasteiger partial charge >= 0.3 is 11.9 Å². The predicted molar refractivity (Wildman–Crippen MR) is 162 cm³/mol. The minimum Gasteiger partial charge on any atom is -0.481 e. The van der Waals surface area contributed by atoms with E-state index in [1.54, 1.807) is 13.0 Å². The lowest BCUT2D eigenvalue weighted by Gasteiger charge is -2.07. The Kier molecular flexibility index (Phi) is 7.85. The molecule has 0 bridgehead atoms. The van der Waals surface area contributed by atoms with Gasteiger partial charge in [-0.25, -0.2) is 0 Å². The summed E-state index contributed by atoms with van der Waals surface area (Å²) in [4.78, 5) is 54.9. The van der Waals surface area contributed by atoms with Gasteiger partial charge in [0.1, 0.15) is 0 Å². The third-order valence-electron chi connectivity index (χ3n) is 8.86. The molecule has 2 amide bonds. The van der Waals surface area contributed by atoms with Crippen LogP contribution in [0.1, 0.15) is 77.8 Å². The summed E-state index contributed by atoms with van der Waals surface area (Å²) >= 11 is 0. The molecule has 1 fully saturated rings. The van der Waals surface area contributed by atoms with Crippen LogP contribution in [0.4, 0.5) is 0 Å². The summed E-state index contributed by atoms with van der Waals surface area (Å²) in [5.41, 5.74) is 8.43. The Labute approximate surface area is 254 Å². The molecule has 1 saturated heterocycles. The van der Waals surface area contributed by atoms with Gasteiger partial charge in [-0.2, -0.15) is 0 Å². The summed E-state index contributed by atoms with van der Waals surface area (Å²) in [7, 11) is 0. The molecule has 2 unspecified atom stereocenters. The van der Waals surface area contributed by atoms with E-state index in [0.29, 0.717) is 28.8 Å². The number of hydrogen-bond acceptors (Lipinski definition) is 5. The number of carboxylic acid groups (broad SMARTS) is 2. The first-order valence-corrected chi connectivity index (χ1v) is 14.4. The Morgan fingerprint density at radius 2 is 1.50 bits per heavy atom. The van der Waals surface area contributed by atoms with Gasteiger partial charge in [0.25, 0.3) is 5.91 Å². The first-order valence-electron chi connectivity index (χ1n) is 14.4. The van der Waals surface area contributed by atoms with E-state index in [1.807, 2.05) is 26.8 Å². The lowest BCUT2D eigenvalue weighted by Crippen LogP contribution is -2.32. The van der Waals surface area contributed by atoms with Gasteiger partial charge < -0.3 is 35.6 Å². The molecule has 2 atom stereocenters. The third-order valence-corrected chi connectivity index (χ3v) is 8.86. The van der Waals surface area contributed by atoms with Crippen LogP contribution >= 0.6 is 0 Å². The van der Waals surface area contributed by atoms with E-state index in [0.717, 1.165) is 50.6 Å². The molecule has 44 heavy (non-hydrogen) atoms. The SMILES string of the molecule is C=CC1=C(C)/C(=C/c2[nH]c(Cc3[nH]c(C4OC45NC(=O)C(C)=C5C=C)c(C)c3CCC(=O)O)c(CCC(=O)O)c2C)NC1=O. The second kappa shape index (κ2) is 11.3. The van der Waals surface area contributed by atoms with Crippen molar-refractivity contribution in [2.75, 3.05) is 0 Å². The number of amides is 2. The number of rotatable bonds is 12. The van der Waals surface area contributed by atoms with Gasteiger partial charge in [-0.15, -0.1) is 0 Å². The first kappa shape index (κ1) is 30.6. The number of allylic oxidation sites excluding steroid dienone is 1. The molecule has 3 aliphatic rings. The third kappa shape index (κ3) is 5.13. The van der Waals surface area contributed by atoms with Crippen LogP contribution in [0.15, 0.2) is 53.3 Å². The molecule has 0 saturated carbocycles. The molecule has 2 aromatic rings. The highest BCUT2D eigenvalue weighted by molar-refractivity contribution is 6.03. The number of carbonyl (C=O) groups excluding carboxylic acids is 2. The molecule has 0 aliphatic carbocycles. The zero-order chi connectivity index (χ0) is 32.1. The number of aliphatic carboxylic acids is 2. The summed E-state index contributed by atoms with van der Waals surface area (Å²) in [5, 5.41) is 24.7. The van der Waals surface area contributed by atoms with Crippen molar-refractivity contribution in [1.29, 1.82) is 0 Å². The normalized spacial score (nSPS) is 21.8. The Morgan fingerprint density at radius 1 is 0.886 bits per heavy atom. The summed E-state index contributed by atoms with van der Waals surface area (Å²) in [5.74, 6) is -2.32. The minimum atomic E-state index is -1.02. The number of carboxylic acids is 2. The van der Waals surface area contributed by atoms with Crippen molar-refractivity contribution in [3.05, 3.63) is 98.3 Å². The highest BCUT2D eigenvalue weighted by atomic mass is 16.6. The number of epoxide rings is 1. The van der Waals surface area contributed by atoms with Crippen molar-refractivity contribution in [3.8, 4) is 0 Å². The molecular weight excluding hydrogens is 564 g/mol. The largest absolute Gasteiger partial charge is 0.481 e. The van der Waals surface area contributed by atoms with Crippen molar-refractivity contribution in [2.24, 2.45) is 0 Å². The van der Waals surface area contributed by atoms with Crippen molar-refractivity contribution < 1.29 is 34.1 Å². The van der Waals surface area contributed by atoms with Crippen LogP contribution in [0.3, 0.4) is 0 Å². The molecule has 11 nitrogen and oxygen atoms in total. The molecular formula is C33H36N4O7. The monoisotopic (exact) mass is 600 g/mol. The average molecular weight is 601 g/mol. The summed E-state index contributed by atoms with van der Waals surface area (Å²) in [6.45, 7) is 14.9. The van der Waals surface area contributed by atoms with E-state index in [4.69, 9.17) is 4.74 Å². The number of aromatic amines is 2. The van der Waals surface area contributed by atoms with E-state index in [-0.39, 0.29) is 37.5 Å². The van der Waals surface area contributed by atoms with E-state index < -0.39 is 23.8 Å². The zero-order valence-electron chi connectivity index (χ0n) is 25.2. The van der Waals surface area contributed by atoms with Crippen LogP contribution in [0.2, 0.25) is 0 Å². The van der Waals surface area contributed by atoms with Crippen LogP contribution < -0.4 is 10.6 Å². The molecule has 230 valence electrons. The van der Waals surface area contributed by atoms with Crippen LogP contribution in [0, 0.1) is 13.8 Å². The van der Waals surface area contributed by atoms with Crippen molar-refractivity contribution >= 4 is 29.8 Å². The van der Waals surface area contributed by atoms with Crippen LogP contribution in [0.25, 0.3) is 6.08 Å². The van der Waals surface area contributed by atoms with Crippen LogP contribution in [-0.4, -0.2) is 49.7 Å². The standard InChI is InChI=1S/C33H36N4O7/c1-7-19-15(3)24(36-32(19)43)13-23-16(4)20(9-11-27(38)39)25(34-23)14-26-21(10-12-28(40)41)17(5)29(35-26)30-33(44-30)22(8-2)18(6)31(42)37-33/h7-8,13,30,34-35H,1-2,9-12,14H2,3-6H3,(H,36,43)(H,37,42)(H,38,39)(H,40,41)/b24-13-. The second-order valence-corrected chi connectivity index (χ2v) is 11.4. The molecule has 2 aromatic heterocycles. The van der Waals surface area contributed by atoms with Gasteiger partial charge in [0.15, 0.2) is 6.10 Å². The van der Waals surface area contributed by atoms with Gasteiger partial charge in [-0.3, -0.25) is 19.2 Å². The molecule has 3 aliphatic heterocycles. The maximum Gasteiger partial charge on any atom is 0.303 e. The molecule has 1 spiro atoms. The summed E-state index contributed by atoms with van der Waals surface area (Å²) in [6.07, 6.45) is 5.18. The molecule has 11 heteroatoms. The average Bonchev–Trinajstić information content (AvgIpc) is 3.16. The van der Waals surface area contributed by atoms with E-state index in [2.05, 4.69) is 33.8 Å². The number of hydrogen-bond donors (Lipinski definition) is 6.